The van der Waals surface area contributed by atoms with Crippen molar-refractivity contribution in [2.45, 2.75) is 90.6 Å². The van der Waals surface area contributed by atoms with Gasteiger partial charge in [0.1, 0.15) is 6.42 Å². The lowest BCUT2D eigenvalue weighted by molar-refractivity contribution is -0.154. The van der Waals surface area contributed by atoms with E-state index in [0.717, 1.165) is 19.3 Å². The molecule has 0 aliphatic carbocycles. The van der Waals surface area contributed by atoms with Crippen molar-refractivity contribution in [3.63, 3.8) is 0 Å². The summed E-state index contributed by atoms with van der Waals surface area (Å²) in [6.07, 6.45) is 11.5. The molecule has 1 atom stereocenters. The molecule has 0 aromatic heterocycles. The number of esters is 1. The van der Waals surface area contributed by atoms with Gasteiger partial charge in [0.25, 0.3) is 0 Å². The number of carboxylic acids is 1. The molecule has 4 heteroatoms. The standard InChI is InChI=1S/C16H30O4/c1-3-4-5-6-7-8-9-10-11-12-14(2)20-16(19)13-15(17)18/h14H,3-13H2,1-2H3,(H,17,18). The van der Waals surface area contributed by atoms with Crippen LogP contribution >= 0.6 is 0 Å². The van der Waals surface area contributed by atoms with Crippen molar-refractivity contribution in [2.24, 2.45) is 0 Å². The third-order valence-electron chi connectivity index (χ3n) is 3.34. The van der Waals surface area contributed by atoms with Crippen LogP contribution in [0, 0.1) is 0 Å². The second kappa shape index (κ2) is 12.9. The van der Waals surface area contributed by atoms with E-state index < -0.39 is 18.4 Å². The van der Waals surface area contributed by atoms with E-state index in [0.29, 0.717) is 0 Å². The Bertz CT molecular complexity index is 263. The first-order valence-corrected chi connectivity index (χ1v) is 7.97. The highest BCUT2D eigenvalue weighted by Gasteiger charge is 2.12. The normalized spacial score (nSPS) is 12.1. The number of ether oxygens (including phenoxy) is 1. The van der Waals surface area contributed by atoms with Gasteiger partial charge in [-0.3, -0.25) is 9.59 Å². The molecular formula is C16H30O4. The van der Waals surface area contributed by atoms with E-state index >= 15 is 0 Å². The summed E-state index contributed by atoms with van der Waals surface area (Å²) in [5.74, 6) is -1.77. The summed E-state index contributed by atoms with van der Waals surface area (Å²) >= 11 is 0. The van der Waals surface area contributed by atoms with Crippen molar-refractivity contribution in [1.29, 1.82) is 0 Å². The van der Waals surface area contributed by atoms with E-state index in [1.807, 2.05) is 6.92 Å². The molecule has 0 rings (SSSR count). The molecule has 0 saturated heterocycles. The van der Waals surface area contributed by atoms with Crippen LogP contribution in [-0.2, 0) is 14.3 Å². The first-order chi connectivity index (χ1) is 9.56. The maximum absolute atomic E-state index is 11.1. The molecule has 0 radical (unpaired) electrons. The maximum atomic E-state index is 11.1. The van der Waals surface area contributed by atoms with E-state index in [2.05, 4.69) is 6.92 Å². The van der Waals surface area contributed by atoms with E-state index in [-0.39, 0.29) is 6.10 Å². The fourth-order valence-electron chi connectivity index (χ4n) is 2.19. The van der Waals surface area contributed by atoms with Gasteiger partial charge in [0.2, 0.25) is 0 Å². The summed E-state index contributed by atoms with van der Waals surface area (Å²) < 4.78 is 5.01. The molecule has 0 heterocycles. The predicted octanol–water partition coefficient (Wildman–Crippen LogP) is 4.31. The predicted molar refractivity (Wildman–Crippen MR) is 79.7 cm³/mol. The number of hydrogen-bond donors (Lipinski definition) is 1. The largest absolute Gasteiger partial charge is 0.481 e. The number of carboxylic acid groups (broad SMARTS) is 1. The van der Waals surface area contributed by atoms with Crippen LogP contribution in [0.25, 0.3) is 0 Å². The average Bonchev–Trinajstić information content (AvgIpc) is 2.35. The third kappa shape index (κ3) is 13.4. The number of carbonyl (C=O) groups is 2. The highest BCUT2D eigenvalue weighted by Crippen LogP contribution is 2.12. The van der Waals surface area contributed by atoms with Crippen molar-refractivity contribution in [3.8, 4) is 0 Å². The van der Waals surface area contributed by atoms with Gasteiger partial charge in [0, 0.05) is 0 Å². The van der Waals surface area contributed by atoms with Crippen molar-refractivity contribution < 1.29 is 19.4 Å². The first-order valence-electron chi connectivity index (χ1n) is 7.97. The Balaban J connectivity index is 3.33. The summed E-state index contributed by atoms with van der Waals surface area (Å²) in [4.78, 5) is 21.4. The van der Waals surface area contributed by atoms with Gasteiger partial charge in [-0.25, -0.2) is 0 Å². The molecule has 0 aliphatic rings. The van der Waals surface area contributed by atoms with Crippen LogP contribution in [0.2, 0.25) is 0 Å². The Kier molecular flexibility index (Phi) is 12.3. The number of aliphatic carboxylic acids is 1. The van der Waals surface area contributed by atoms with Gasteiger partial charge in [-0.05, 0) is 19.8 Å². The highest BCUT2D eigenvalue weighted by molar-refractivity contribution is 5.90. The summed E-state index contributed by atoms with van der Waals surface area (Å²) in [7, 11) is 0. The summed E-state index contributed by atoms with van der Waals surface area (Å²) in [6.45, 7) is 4.05. The zero-order valence-corrected chi connectivity index (χ0v) is 13.0. The Morgan fingerprint density at radius 2 is 1.45 bits per heavy atom. The number of rotatable bonds is 13. The van der Waals surface area contributed by atoms with Gasteiger partial charge in [-0.15, -0.1) is 0 Å². The molecule has 0 aromatic carbocycles. The van der Waals surface area contributed by atoms with E-state index in [1.165, 1.54) is 44.9 Å². The molecule has 0 spiro atoms. The Labute approximate surface area is 122 Å². The van der Waals surface area contributed by atoms with Gasteiger partial charge in [0.15, 0.2) is 0 Å². The van der Waals surface area contributed by atoms with Gasteiger partial charge >= 0.3 is 11.9 Å². The molecule has 0 aliphatic heterocycles. The lowest BCUT2D eigenvalue weighted by atomic mass is 10.1. The quantitative estimate of drug-likeness (QED) is 0.311. The van der Waals surface area contributed by atoms with Crippen LogP contribution in [0.15, 0.2) is 0 Å². The first kappa shape index (κ1) is 18.9. The van der Waals surface area contributed by atoms with E-state index in [1.54, 1.807) is 0 Å². The minimum atomic E-state index is -1.13. The van der Waals surface area contributed by atoms with Crippen molar-refractivity contribution >= 4 is 11.9 Å². The molecule has 0 saturated carbocycles. The van der Waals surface area contributed by atoms with Crippen LogP contribution in [0.5, 0.6) is 0 Å². The Morgan fingerprint density at radius 3 is 1.95 bits per heavy atom. The molecule has 0 aromatic rings. The topological polar surface area (TPSA) is 63.6 Å². The van der Waals surface area contributed by atoms with Crippen LogP contribution < -0.4 is 0 Å². The lowest BCUT2D eigenvalue weighted by Gasteiger charge is -2.12. The van der Waals surface area contributed by atoms with Crippen molar-refractivity contribution in [1.82, 2.24) is 0 Å². The second-order valence-electron chi connectivity index (χ2n) is 5.49. The zero-order valence-electron chi connectivity index (χ0n) is 13.0. The molecule has 0 amide bonds. The molecule has 1 N–H and O–H groups in total. The molecule has 4 nitrogen and oxygen atoms in total. The van der Waals surface area contributed by atoms with Crippen LogP contribution in [0.4, 0.5) is 0 Å². The van der Waals surface area contributed by atoms with E-state index in [4.69, 9.17) is 9.84 Å². The Morgan fingerprint density at radius 1 is 0.950 bits per heavy atom. The number of carbonyl (C=O) groups excluding carboxylic acids is 1. The molecule has 0 bridgehead atoms. The second-order valence-corrected chi connectivity index (χ2v) is 5.49. The summed E-state index contributed by atoms with van der Waals surface area (Å²) in [5.41, 5.74) is 0. The van der Waals surface area contributed by atoms with Gasteiger partial charge in [0.05, 0.1) is 6.10 Å². The smallest absolute Gasteiger partial charge is 0.317 e. The lowest BCUT2D eigenvalue weighted by Crippen LogP contribution is -2.17. The summed E-state index contributed by atoms with van der Waals surface area (Å²) in [6, 6.07) is 0. The maximum Gasteiger partial charge on any atom is 0.317 e. The van der Waals surface area contributed by atoms with Crippen molar-refractivity contribution in [2.75, 3.05) is 0 Å². The minimum absolute atomic E-state index is 0.175. The SMILES string of the molecule is CCCCCCCCCCCC(C)OC(=O)CC(=O)O. The molecule has 20 heavy (non-hydrogen) atoms. The third-order valence-corrected chi connectivity index (χ3v) is 3.34. The fourth-order valence-corrected chi connectivity index (χ4v) is 2.19. The molecule has 1 unspecified atom stereocenters. The molecule has 118 valence electrons. The number of unbranched alkanes of at least 4 members (excludes halogenated alkanes) is 8. The van der Waals surface area contributed by atoms with Gasteiger partial charge in [-0.2, -0.15) is 0 Å². The van der Waals surface area contributed by atoms with Crippen LogP contribution in [-0.4, -0.2) is 23.1 Å². The monoisotopic (exact) mass is 286 g/mol. The molecular weight excluding hydrogens is 256 g/mol. The minimum Gasteiger partial charge on any atom is -0.481 e. The molecule has 0 fully saturated rings. The zero-order chi connectivity index (χ0) is 15.2. The van der Waals surface area contributed by atoms with Crippen LogP contribution in [0.3, 0.4) is 0 Å². The average molecular weight is 286 g/mol. The van der Waals surface area contributed by atoms with E-state index in [9.17, 15) is 9.59 Å². The van der Waals surface area contributed by atoms with Crippen LogP contribution in [0.1, 0.15) is 84.5 Å². The Hall–Kier alpha value is -1.06. The van der Waals surface area contributed by atoms with Gasteiger partial charge < -0.3 is 9.84 Å². The van der Waals surface area contributed by atoms with Crippen molar-refractivity contribution in [3.05, 3.63) is 0 Å². The highest BCUT2D eigenvalue weighted by atomic mass is 16.5. The summed E-state index contributed by atoms with van der Waals surface area (Å²) in [5, 5.41) is 8.45. The number of hydrogen-bond acceptors (Lipinski definition) is 3. The fraction of sp³-hybridized carbons (Fsp3) is 0.875. The van der Waals surface area contributed by atoms with Gasteiger partial charge in [-0.1, -0.05) is 58.3 Å².